The summed E-state index contributed by atoms with van der Waals surface area (Å²) in [4.78, 5) is 25.9. The second-order valence-electron chi connectivity index (χ2n) is 6.82. The summed E-state index contributed by atoms with van der Waals surface area (Å²) < 4.78 is 6.43. The molecule has 2 unspecified atom stereocenters. The highest BCUT2D eigenvalue weighted by Crippen LogP contribution is 2.34. The van der Waals surface area contributed by atoms with Gasteiger partial charge in [-0.15, -0.1) is 0 Å². The molecule has 1 fully saturated rings. The van der Waals surface area contributed by atoms with Gasteiger partial charge in [0.2, 0.25) is 0 Å². The molecule has 2 aromatic rings. The second kappa shape index (κ2) is 8.63. The molecule has 1 saturated heterocycles. The number of rotatable bonds is 6. The lowest BCUT2D eigenvalue weighted by molar-refractivity contribution is -0.386. The summed E-state index contributed by atoms with van der Waals surface area (Å²) in [7, 11) is 1.97. The molecule has 7 heteroatoms. The first-order valence-corrected chi connectivity index (χ1v) is 9.60. The average Bonchev–Trinajstić information content (AvgIpc) is 3.08. The largest absolute Gasteiger partial charge is 0.457 e. The Morgan fingerprint density at radius 3 is 2.70 bits per heavy atom. The van der Waals surface area contributed by atoms with Gasteiger partial charge in [0.1, 0.15) is 6.10 Å². The topological polar surface area (TPSA) is 72.7 Å². The van der Waals surface area contributed by atoms with Gasteiger partial charge in [-0.25, -0.2) is 0 Å². The molecule has 27 heavy (non-hydrogen) atoms. The van der Waals surface area contributed by atoms with Crippen LogP contribution in [0, 0.1) is 16.0 Å². The predicted molar refractivity (Wildman–Crippen MR) is 105 cm³/mol. The van der Waals surface area contributed by atoms with Gasteiger partial charge in [0.25, 0.3) is 5.69 Å². The molecule has 0 saturated carbocycles. The van der Waals surface area contributed by atoms with Crippen LogP contribution in [0.15, 0.2) is 53.0 Å². The Bertz CT molecular complexity index is 828. The molecule has 0 radical (unpaired) electrons. The fourth-order valence-electron chi connectivity index (χ4n) is 3.35. The number of hydrogen-bond acceptors (Lipinski definition) is 5. The van der Waals surface area contributed by atoms with Crippen molar-refractivity contribution in [3.63, 3.8) is 0 Å². The van der Waals surface area contributed by atoms with E-state index < -0.39 is 11.0 Å². The maximum Gasteiger partial charge on any atom is 0.310 e. The van der Waals surface area contributed by atoms with Gasteiger partial charge >= 0.3 is 5.97 Å². The van der Waals surface area contributed by atoms with Gasteiger partial charge in [-0.05, 0) is 37.7 Å². The van der Waals surface area contributed by atoms with E-state index in [4.69, 9.17) is 4.74 Å². The van der Waals surface area contributed by atoms with Gasteiger partial charge in [-0.2, -0.15) is 0 Å². The Morgan fingerprint density at radius 2 is 2.07 bits per heavy atom. The molecule has 0 spiro atoms. The second-order valence-corrected chi connectivity index (χ2v) is 7.74. The van der Waals surface area contributed by atoms with E-state index in [1.807, 2.05) is 37.4 Å². The lowest BCUT2D eigenvalue weighted by Crippen LogP contribution is -2.24. The minimum atomic E-state index is -0.709. The Kier molecular flexibility index (Phi) is 6.23. The highest BCUT2D eigenvalue weighted by atomic mass is 79.9. The number of esters is 1. The number of nitrogens with zero attached hydrogens (tertiary/aromatic N) is 2. The van der Waals surface area contributed by atoms with Crippen molar-refractivity contribution >= 4 is 27.6 Å². The van der Waals surface area contributed by atoms with Crippen LogP contribution in [-0.2, 0) is 16.0 Å². The fourth-order valence-corrected chi connectivity index (χ4v) is 3.70. The molecular weight excluding hydrogens is 412 g/mol. The summed E-state index contributed by atoms with van der Waals surface area (Å²) in [6, 6.07) is 14.4. The summed E-state index contributed by atoms with van der Waals surface area (Å²) >= 11 is 3.27. The third-order valence-electron chi connectivity index (χ3n) is 4.78. The summed E-state index contributed by atoms with van der Waals surface area (Å²) in [5.74, 6) is -0.486. The minimum absolute atomic E-state index is 0.0540. The van der Waals surface area contributed by atoms with E-state index in [2.05, 4.69) is 20.8 Å². The number of nitro groups is 1. The third kappa shape index (κ3) is 4.93. The van der Waals surface area contributed by atoms with E-state index in [0.29, 0.717) is 23.0 Å². The number of hydrogen-bond donors (Lipinski definition) is 0. The highest BCUT2D eigenvalue weighted by molar-refractivity contribution is 9.10. The van der Waals surface area contributed by atoms with Gasteiger partial charge in [0, 0.05) is 23.5 Å². The fraction of sp³-hybridized carbons (Fsp3) is 0.350. The highest BCUT2D eigenvalue weighted by Gasteiger charge is 2.32. The van der Waals surface area contributed by atoms with Gasteiger partial charge in [-0.1, -0.05) is 46.3 Å². The van der Waals surface area contributed by atoms with Crippen molar-refractivity contribution in [3.8, 4) is 0 Å². The van der Waals surface area contributed by atoms with Crippen molar-refractivity contribution in [1.29, 1.82) is 0 Å². The molecule has 0 amide bonds. The maximum absolute atomic E-state index is 12.7. The van der Waals surface area contributed by atoms with Crippen LogP contribution in [0.1, 0.15) is 23.7 Å². The van der Waals surface area contributed by atoms with Crippen LogP contribution in [0.3, 0.4) is 0 Å². The van der Waals surface area contributed by atoms with Crippen molar-refractivity contribution in [1.82, 2.24) is 4.90 Å². The zero-order valence-corrected chi connectivity index (χ0v) is 16.6. The third-order valence-corrected chi connectivity index (χ3v) is 5.28. The number of halogens is 1. The summed E-state index contributed by atoms with van der Waals surface area (Å²) in [6.45, 7) is 1.50. The smallest absolute Gasteiger partial charge is 0.310 e. The average molecular weight is 433 g/mol. The monoisotopic (exact) mass is 432 g/mol. The van der Waals surface area contributed by atoms with E-state index in [0.717, 1.165) is 18.5 Å². The normalized spacial score (nSPS) is 18.2. The Hall–Kier alpha value is -2.25. The number of benzene rings is 2. The maximum atomic E-state index is 12.7. The van der Waals surface area contributed by atoms with E-state index >= 15 is 0 Å². The Morgan fingerprint density at radius 1 is 1.33 bits per heavy atom. The predicted octanol–water partition coefficient (Wildman–Crippen LogP) is 4.14. The first-order chi connectivity index (χ1) is 12.9. The van der Waals surface area contributed by atoms with Crippen LogP contribution in [0.4, 0.5) is 5.69 Å². The number of nitro benzene ring substituents is 1. The Labute approximate surface area is 166 Å². The molecule has 0 aromatic heterocycles. The molecule has 6 nitrogen and oxygen atoms in total. The van der Waals surface area contributed by atoms with E-state index in [1.54, 1.807) is 12.1 Å². The van der Waals surface area contributed by atoms with Crippen LogP contribution >= 0.6 is 15.9 Å². The molecule has 2 atom stereocenters. The molecular formula is C20H21BrN2O4. The van der Waals surface area contributed by atoms with Gasteiger partial charge in [0.05, 0.1) is 16.4 Å². The molecule has 0 N–H and O–H groups in total. The van der Waals surface area contributed by atoms with Gasteiger partial charge < -0.3 is 9.64 Å². The SMILES string of the molecule is CN1CCC(C(=O)OC(Cc2ccccc2)c2ccc(Br)cc2[N+](=O)[O-])C1. The van der Waals surface area contributed by atoms with Crippen LogP contribution < -0.4 is 0 Å². The quantitative estimate of drug-likeness (QED) is 0.389. The van der Waals surface area contributed by atoms with Crippen LogP contribution in [0.25, 0.3) is 0 Å². The number of carbonyl (C=O) groups is 1. The number of likely N-dealkylation sites (tertiary alicyclic amines) is 1. The van der Waals surface area contributed by atoms with E-state index in [9.17, 15) is 14.9 Å². The van der Waals surface area contributed by atoms with Crippen molar-refractivity contribution in [2.75, 3.05) is 20.1 Å². The van der Waals surface area contributed by atoms with Crippen molar-refractivity contribution < 1.29 is 14.5 Å². The first-order valence-electron chi connectivity index (χ1n) is 8.81. The van der Waals surface area contributed by atoms with E-state index in [1.165, 1.54) is 6.07 Å². The van der Waals surface area contributed by atoms with Gasteiger partial charge in [0.15, 0.2) is 0 Å². The molecule has 0 aliphatic carbocycles. The molecule has 0 bridgehead atoms. The lowest BCUT2D eigenvalue weighted by Gasteiger charge is -2.21. The standard InChI is InChI=1S/C20H21BrN2O4/c1-22-10-9-15(13-22)20(24)27-19(11-14-5-3-2-4-6-14)17-8-7-16(21)12-18(17)23(25)26/h2-8,12,15,19H,9-11,13H2,1H3. The molecule has 1 heterocycles. The zero-order chi connectivity index (χ0) is 19.4. The molecule has 142 valence electrons. The molecule has 2 aromatic carbocycles. The zero-order valence-electron chi connectivity index (χ0n) is 15.0. The van der Waals surface area contributed by atoms with Crippen molar-refractivity contribution in [2.24, 2.45) is 5.92 Å². The molecule has 1 aliphatic rings. The van der Waals surface area contributed by atoms with Crippen molar-refractivity contribution in [3.05, 3.63) is 74.2 Å². The number of carbonyl (C=O) groups excluding carboxylic acids is 1. The van der Waals surface area contributed by atoms with Crippen LogP contribution in [-0.4, -0.2) is 35.9 Å². The minimum Gasteiger partial charge on any atom is -0.457 e. The van der Waals surface area contributed by atoms with Gasteiger partial charge in [-0.3, -0.25) is 14.9 Å². The summed E-state index contributed by atoms with van der Waals surface area (Å²) in [5.41, 5.74) is 1.31. The Balaban J connectivity index is 1.90. The number of ether oxygens (including phenoxy) is 1. The summed E-state index contributed by atoms with van der Waals surface area (Å²) in [6.07, 6.45) is 0.423. The van der Waals surface area contributed by atoms with Crippen LogP contribution in [0.5, 0.6) is 0 Å². The van der Waals surface area contributed by atoms with Crippen molar-refractivity contribution in [2.45, 2.75) is 18.9 Å². The lowest BCUT2D eigenvalue weighted by atomic mass is 9.99. The summed E-state index contributed by atoms with van der Waals surface area (Å²) in [5, 5.41) is 11.6. The molecule has 3 rings (SSSR count). The van der Waals surface area contributed by atoms with E-state index in [-0.39, 0.29) is 17.6 Å². The van der Waals surface area contributed by atoms with Crippen LogP contribution in [0.2, 0.25) is 0 Å². The molecule has 1 aliphatic heterocycles. The first kappa shape index (κ1) is 19.5.